The second-order valence-electron chi connectivity index (χ2n) is 8.16. The Balaban J connectivity index is 1.45. The number of piperidine rings is 1. The highest BCUT2D eigenvalue weighted by Crippen LogP contribution is 2.35. The molecule has 5 rings (SSSR count). The van der Waals surface area contributed by atoms with E-state index in [0.29, 0.717) is 19.0 Å². The Labute approximate surface area is 174 Å². The number of amides is 1. The topological polar surface area (TPSA) is 95.0 Å². The Bertz CT molecular complexity index is 1100. The molecule has 2 aliphatic heterocycles. The van der Waals surface area contributed by atoms with Gasteiger partial charge in [0.25, 0.3) is 0 Å². The Morgan fingerprint density at radius 1 is 1.23 bits per heavy atom. The minimum Gasteiger partial charge on any atom is -0.488 e. The maximum Gasteiger partial charge on any atom is 0.220 e. The van der Waals surface area contributed by atoms with Gasteiger partial charge in [0.1, 0.15) is 17.7 Å². The predicted octanol–water partition coefficient (Wildman–Crippen LogP) is 2.44. The molecule has 0 aliphatic carbocycles. The molecule has 8 heteroatoms. The third kappa shape index (κ3) is 3.37. The average molecular weight is 407 g/mol. The molecule has 2 bridgehead atoms. The number of nitrogens with two attached hydrogens (primary N) is 1. The molecule has 3 atom stereocenters. The maximum absolute atomic E-state index is 12.1. The number of hydrogen-bond acceptors (Lipinski definition) is 6. The van der Waals surface area contributed by atoms with Crippen molar-refractivity contribution in [3.63, 3.8) is 0 Å². The van der Waals surface area contributed by atoms with E-state index in [9.17, 15) is 4.79 Å². The summed E-state index contributed by atoms with van der Waals surface area (Å²) in [5.74, 6) is 1.34. The van der Waals surface area contributed by atoms with E-state index in [-0.39, 0.29) is 24.1 Å². The molecule has 2 N–H and O–H groups in total. The zero-order valence-corrected chi connectivity index (χ0v) is 17.1. The maximum atomic E-state index is 12.1. The fourth-order valence-corrected chi connectivity index (χ4v) is 4.70. The van der Waals surface area contributed by atoms with Gasteiger partial charge in [-0.25, -0.2) is 4.52 Å². The largest absolute Gasteiger partial charge is 0.488 e. The first-order chi connectivity index (χ1) is 14.5. The van der Waals surface area contributed by atoms with Gasteiger partial charge in [0.15, 0.2) is 0 Å². The number of anilines is 1. The highest BCUT2D eigenvalue weighted by Gasteiger charge is 2.41. The zero-order valence-electron chi connectivity index (χ0n) is 17.1. The van der Waals surface area contributed by atoms with Crippen molar-refractivity contribution in [3.05, 3.63) is 42.4 Å². The van der Waals surface area contributed by atoms with E-state index in [0.717, 1.165) is 40.9 Å². The minimum atomic E-state index is 0.0112. The van der Waals surface area contributed by atoms with Crippen molar-refractivity contribution in [3.8, 4) is 16.9 Å². The summed E-state index contributed by atoms with van der Waals surface area (Å²) in [4.78, 5) is 18.5. The van der Waals surface area contributed by atoms with Crippen molar-refractivity contribution in [2.24, 2.45) is 0 Å². The van der Waals surface area contributed by atoms with Gasteiger partial charge in [-0.05, 0) is 30.7 Å². The lowest BCUT2D eigenvalue weighted by Gasteiger charge is -2.47. The number of fused-ring (bicyclic) bond motifs is 3. The molecule has 3 aromatic rings. The van der Waals surface area contributed by atoms with Gasteiger partial charge in [0.2, 0.25) is 5.91 Å². The van der Waals surface area contributed by atoms with Crippen LogP contribution in [0.1, 0.15) is 25.5 Å². The molecular weight excluding hydrogens is 382 g/mol. The number of pyridine rings is 2. The highest BCUT2D eigenvalue weighted by molar-refractivity contribution is 5.75. The van der Waals surface area contributed by atoms with Crippen molar-refractivity contribution in [1.82, 2.24) is 19.5 Å². The number of carbonyl (C=O) groups is 1. The first-order valence-corrected chi connectivity index (χ1v) is 10.2. The first-order valence-electron chi connectivity index (χ1n) is 10.2. The van der Waals surface area contributed by atoms with E-state index in [1.165, 1.54) is 0 Å². The van der Waals surface area contributed by atoms with Crippen molar-refractivity contribution < 1.29 is 14.3 Å². The number of aryl methyl sites for hydroxylation is 1. The summed E-state index contributed by atoms with van der Waals surface area (Å²) in [7, 11) is 0. The second-order valence-corrected chi connectivity index (χ2v) is 8.16. The minimum absolute atomic E-state index is 0.0112. The molecule has 8 nitrogen and oxygen atoms in total. The molecule has 156 valence electrons. The predicted molar refractivity (Wildman–Crippen MR) is 112 cm³/mol. The molecule has 0 unspecified atom stereocenters. The van der Waals surface area contributed by atoms with E-state index >= 15 is 0 Å². The number of hydrogen-bond donors (Lipinski definition) is 1. The molecule has 2 fully saturated rings. The van der Waals surface area contributed by atoms with Crippen LogP contribution in [0.4, 0.5) is 5.82 Å². The fraction of sp³-hybridized carbons (Fsp3) is 0.409. The zero-order chi connectivity index (χ0) is 20.8. The molecule has 1 amide bonds. The molecule has 0 saturated carbocycles. The lowest BCUT2D eigenvalue weighted by atomic mass is 9.91. The van der Waals surface area contributed by atoms with Crippen molar-refractivity contribution in [2.75, 3.05) is 18.9 Å². The average Bonchev–Trinajstić information content (AvgIpc) is 3.07. The van der Waals surface area contributed by atoms with Crippen LogP contribution in [0.15, 0.2) is 36.7 Å². The summed E-state index contributed by atoms with van der Waals surface area (Å²) in [5.41, 5.74) is 9.68. The van der Waals surface area contributed by atoms with Gasteiger partial charge in [-0.3, -0.25) is 9.78 Å². The van der Waals surface area contributed by atoms with Gasteiger partial charge in [-0.1, -0.05) is 0 Å². The van der Waals surface area contributed by atoms with Crippen LogP contribution < -0.4 is 10.5 Å². The summed E-state index contributed by atoms with van der Waals surface area (Å²) < 4.78 is 13.9. The van der Waals surface area contributed by atoms with Crippen LogP contribution in [-0.4, -0.2) is 56.8 Å². The van der Waals surface area contributed by atoms with Gasteiger partial charge < -0.3 is 20.1 Å². The third-order valence-electron chi connectivity index (χ3n) is 5.93. The summed E-state index contributed by atoms with van der Waals surface area (Å²) in [5, 5.41) is 4.24. The summed E-state index contributed by atoms with van der Waals surface area (Å²) >= 11 is 0. The highest BCUT2D eigenvalue weighted by atomic mass is 16.5. The molecule has 0 aromatic carbocycles. The number of rotatable bonds is 3. The smallest absolute Gasteiger partial charge is 0.220 e. The Morgan fingerprint density at radius 3 is 2.73 bits per heavy atom. The van der Waals surface area contributed by atoms with Crippen LogP contribution in [-0.2, 0) is 9.53 Å². The Hall–Kier alpha value is -3.13. The van der Waals surface area contributed by atoms with Crippen LogP contribution in [0.2, 0.25) is 0 Å². The summed E-state index contributed by atoms with van der Waals surface area (Å²) in [6.45, 7) is 4.73. The SMILES string of the molecule is CC(=O)N1[C@@H]2COC[C@H]1C[C@@H](Oc1cnc(C)cc1-c1ccn3nc(N)cc3c1)C2. The molecule has 0 spiro atoms. The van der Waals surface area contributed by atoms with E-state index in [2.05, 4.69) is 10.1 Å². The molecule has 3 aromatic heterocycles. The van der Waals surface area contributed by atoms with E-state index in [4.69, 9.17) is 15.2 Å². The van der Waals surface area contributed by atoms with Crippen molar-refractivity contribution in [1.29, 1.82) is 0 Å². The van der Waals surface area contributed by atoms with E-state index in [1.54, 1.807) is 17.6 Å². The third-order valence-corrected chi connectivity index (χ3v) is 5.93. The molecular formula is C22H25N5O3. The molecule has 2 saturated heterocycles. The molecule has 0 radical (unpaired) electrons. The number of morpholine rings is 1. The standard InChI is InChI=1S/C22H25N5O3/c1-13-5-20(15-3-4-26-16(6-15)9-22(23)25-26)21(10-24-13)30-19-7-17-11-29-12-18(8-19)27(17)14(2)28/h3-6,9-10,17-19H,7-8,11-12H2,1-2H3,(H2,23,25)/t17-,18+,19-. The summed E-state index contributed by atoms with van der Waals surface area (Å²) in [6, 6.07) is 8.06. The fourth-order valence-electron chi connectivity index (χ4n) is 4.70. The van der Waals surface area contributed by atoms with Gasteiger partial charge in [0.05, 0.1) is 37.0 Å². The Morgan fingerprint density at radius 2 is 2.00 bits per heavy atom. The summed E-state index contributed by atoms with van der Waals surface area (Å²) in [6.07, 6.45) is 5.21. The van der Waals surface area contributed by atoms with Crippen molar-refractivity contribution in [2.45, 2.75) is 44.9 Å². The number of nitrogens with zero attached hydrogens (tertiary/aromatic N) is 4. The van der Waals surface area contributed by atoms with E-state index < -0.39 is 0 Å². The molecule has 2 aliphatic rings. The van der Waals surface area contributed by atoms with Crippen LogP contribution in [0, 0.1) is 6.92 Å². The number of carbonyl (C=O) groups excluding carboxylic acids is 1. The van der Waals surface area contributed by atoms with Crippen LogP contribution in [0.25, 0.3) is 16.6 Å². The second kappa shape index (κ2) is 7.28. The van der Waals surface area contributed by atoms with Crippen LogP contribution in [0.3, 0.4) is 0 Å². The lowest BCUT2D eigenvalue weighted by molar-refractivity contribution is -0.153. The number of nitrogen functional groups attached to an aromatic ring is 1. The normalized spacial score (nSPS) is 23.5. The quantitative estimate of drug-likeness (QED) is 0.717. The first kappa shape index (κ1) is 18.9. The Kier molecular flexibility index (Phi) is 4.58. The number of ether oxygens (including phenoxy) is 2. The van der Waals surface area contributed by atoms with Gasteiger partial charge in [0, 0.05) is 43.3 Å². The van der Waals surface area contributed by atoms with Gasteiger partial charge >= 0.3 is 0 Å². The van der Waals surface area contributed by atoms with Crippen LogP contribution >= 0.6 is 0 Å². The monoisotopic (exact) mass is 407 g/mol. The van der Waals surface area contributed by atoms with Crippen molar-refractivity contribution >= 4 is 17.2 Å². The van der Waals surface area contributed by atoms with Gasteiger partial charge in [-0.2, -0.15) is 5.10 Å². The van der Waals surface area contributed by atoms with Crippen LogP contribution in [0.5, 0.6) is 5.75 Å². The van der Waals surface area contributed by atoms with Gasteiger partial charge in [-0.15, -0.1) is 0 Å². The van der Waals surface area contributed by atoms with E-state index in [1.807, 2.05) is 42.3 Å². The lowest BCUT2D eigenvalue weighted by Crippen LogP contribution is -2.60. The number of aromatic nitrogens is 3. The molecule has 5 heterocycles. The molecule has 30 heavy (non-hydrogen) atoms.